The van der Waals surface area contributed by atoms with Gasteiger partial charge in [-0.15, -0.1) is 0 Å². The summed E-state index contributed by atoms with van der Waals surface area (Å²) in [6, 6.07) is 0.620. The lowest BCUT2D eigenvalue weighted by atomic mass is 10.0. The van der Waals surface area contributed by atoms with Crippen LogP contribution >= 0.6 is 0 Å². The Morgan fingerprint density at radius 3 is 2.71 bits per heavy atom. The van der Waals surface area contributed by atoms with Gasteiger partial charge in [0, 0.05) is 6.04 Å². The molecule has 3 nitrogen and oxygen atoms in total. The molecule has 1 N–H and O–H groups in total. The van der Waals surface area contributed by atoms with Crippen molar-refractivity contribution in [2.75, 3.05) is 6.67 Å². The zero-order valence-electron chi connectivity index (χ0n) is 9.29. The molecule has 2 fully saturated rings. The maximum Gasteiger partial charge on any atom is 0.241 e. The summed E-state index contributed by atoms with van der Waals surface area (Å²) in [7, 11) is 0. The van der Waals surface area contributed by atoms with Gasteiger partial charge in [0.2, 0.25) is 5.91 Å². The summed E-state index contributed by atoms with van der Waals surface area (Å²) in [5.74, 6) is 1.64. The third kappa shape index (κ3) is 1.78. The van der Waals surface area contributed by atoms with Gasteiger partial charge in [0.25, 0.3) is 0 Å². The van der Waals surface area contributed by atoms with Crippen molar-refractivity contribution in [2.45, 2.75) is 45.7 Å². The Bertz CT molecular complexity index is 239. The average Bonchev–Trinajstić information content (AvgIpc) is 2.70. The minimum Gasteiger partial charge on any atom is -0.325 e. The first-order chi connectivity index (χ1) is 6.59. The van der Waals surface area contributed by atoms with E-state index < -0.39 is 0 Å². The Labute approximate surface area is 85.8 Å². The standard InChI is InChI=1S/C11H20N2O/c1-7(2)4-9-11(14)13(6-12-9)10-5-8(10)3/h7-10,12H,4-6H2,1-3H3. The fraction of sp³-hybridized carbons (Fsp3) is 0.909. The van der Waals surface area contributed by atoms with E-state index in [0.717, 1.165) is 19.0 Å². The molecule has 3 atom stereocenters. The minimum atomic E-state index is 0.0859. The van der Waals surface area contributed by atoms with Crippen molar-refractivity contribution in [1.29, 1.82) is 0 Å². The van der Waals surface area contributed by atoms with Gasteiger partial charge in [0.05, 0.1) is 12.7 Å². The summed E-state index contributed by atoms with van der Waals surface area (Å²) in [5.41, 5.74) is 0. The Balaban J connectivity index is 1.90. The van der Waals surface area contributed by atoms with Crippen molar-refractivity contribution < 1.29 is 4.79 Å². The van der Waals surface area contributed by atoms with Gasteiger partial charge in [-0.3, -0.25) is 10.1 Å². The Kier molecular flexibility index (Phi) is 2.52. The number of hydrogen-bond donors (Lipinski definition) is 1. The van der Waals surface area contributed by atoms with Gasteiger partial charge >= 0.3 is 0 Å². The topological polar surface area (TPSA) is 32.3 Å². The van der Waals surface area contributed by atoms with Gasteiger partial charge in [-0.1, -0.05) is 20.8 Å². The van der Waals surface area contributed by atoms with E-state index in [-0.39, 0.29) is 6.04 Å². The third-order valence-electron chi connectivity index (χ3n) is 3.26. The van der Waals surface area contributed by atoms with E-state index in [1.54, 1.807) is 0 Å². The van der Waals surface area contributed by atoms with Crippen molar-refractivity contribution in [1.82, 2.24) is 10.2 Å². The molecule has 1 aliphatic heterocycles. The first-order valence-electron chi connectivity index (χ1n) is 5.63. The average molecular weight is 196 g/mol. The molecule has 0 radical (unpaired) electrons. The van der Waals surface area contributed by atoms with Crippen LogP contribution < -0.4 is 5.32 Å². The van der Waals surface area contributed by atoms with Crippen LogP contribution in [0.5, 0.6) is 0 Å². The number of hydrogen-bond acceptors (Lipinski definition) is 2. The number of carbonyl (C=O) groups is 1. The van der Waals surface area contributed by atoms with Gasteiger partial charge in [0.15, 0.2) is 0 Å². The first-order valence-corrected chi connectivity index (χ1v) is 5.63. The molecule has 3 heteroatoms. The van der Waals surface area contributed by atoms with Crippen LogP contribution in [0.2, 0.25) is 0 Å². The van der Waals surface area contributed by atoms with Crippen LogP contribution in [0.25, 0.3) is 0 Å². The minimum absolute atomic E-state index is 0.0859. The van der Waals surface area contributed by atoms with E-state index >= 15 is 0 Å². The van der Waals surface area contributed by atoms with Crippen LogP contribution in [0.4, 0.5) is 0 Å². The number of rotatable bonds is 3. The van der Waals surface area contributed by atoms with E-state index in [4.69, 9.17) is 0 Å². The second-order valence-electron chi connectivity index (χ2n) is 5.13. The Morgan fingerprint density at radius 1 is 1.57 bits per heavy atom. The predicted octanol–water partition coefficient (Wildman–Crippen LogP) is 1.20. The fourth-order valence-electron chi connectivity index (χ4n) is 2.25. The molecule has 2 aliphatic rings. The number of nitrogens with one attached hydrogen (secondary N) is 1. The summed E-state index contributed by atoms with van der Waals surface area (Å²) in [4.78, 5) is 14.0. The van der Waals surface area contributed by atoms with Crippen LogP contribution in [0.3, 0.4) is 0 Å². The van der Waals surface area contributed by atoms with Crippen LogP contribution in [0.15, 0.2) is 0 Å². The largest absolute Gasteiger partial charge is 0.325 e. The van der Waals surface area contributed by atoms with Gasteiger partial charge in [-0.25, -0.2) is 0 Å². The highest BCUT2D eigenvalue weighted by molar-refractivity contribution is 5.84. The second-order valence-corrected chi connectivity index (χ2v) is 5.13. The lowest BCUT2D eigenvalue weighted by Crippen LogP contribution is -2.33. The second kappa shape index (κ2) is 3.54. The summed E-state index contributed by atoms with van der Waals surface area (Å²) in [6.07, 6.45) is 2.16. The summed E-state index contributed by atoms with van der Waals surface area (Å²) in [5, 5.41) is 3.31. The van der Waals surface area contributed by atoms with E-state index in [1.165, 1.54) is 6.42 Å². The summed E-state index contributed by atoms with van der Waals surface area (Å²) >= 11 is 0. The van der Waals surface area contributed by atoms with Crippen molar-refractivity contribution in [2.24, 2.45) is 11.8 Å². The molecule has 1 heterocycles. The quantitative estimate of drug-likeness (QED) is 0.735. The highest BCUT2D eigenvalue weighted by atomic mass is 16.2. The Hall–Kier alpha value is -0.570. The zero-order valence-corrected chi connectivity index (χ0v) is 9.29. The molecule has 0 aromatic heterocycles. The molecule has 0 aromatic carbocycles. The van der Waals surface area contributed by atoms with E-state index in [2.05, 4.69) is 26.1 Å². The Morgan fingerprint density at radius 2 is 2.21 bits per heavy atom. The van der Waals surface area contributed by atoms with Gasteiger partial charge in [0.1, 0.15) is 0 Å². The molecule has 0 aromatic rings. The molecule has 1 saturated carbocycles. The molecule has 1 aliphatic carbocycles. The summed E-state index contributed by atoms with van der Waals surface area (Å²) < 4.78 is 0. The van der Waals surface area contributed by atoms with Gasteiger partial charge in [-0.05, 0) is 24.7 Å². The van der Waals surface area contributed by atoms with Crippen LogP contribution in [-0.2, 0) is 4.79 Å². The van der Waals surface area contributed by atoms with Gasteiger partial charge in [-0.2, -0.15) is 0 Å². The van der Waals surface area contributed by atoms with Crippen molar-refractivity contribution in [3.05, 3.63) is 0 Å². The lowest BCUT2D eigenvalue weighted by molar-refractivity contribution is -0.129. The van der Waals surface area contributed by atoms with Crippen LogP contribution in [0, 0.1) is 11.8 Å². The molecule has 1 saturated heterocycles. The molecule has 3 unspecified atom stereocenters. The number of carbonyl (C=O) groups excluding carboxylic acids is 1. The van der Waals surface area contributed by atoms with E-state index in [1.807, 2.05) is 4.90 Å². The molecule has 14 heavy (non-hydrogen) atoms. The smallest absolute Gasteiger partial charge is 0.241 e. The van der Waals surface area contributed by atoms with E-state index in [9.17, 15) is 4.79 Å². The lowest BCUT2D eigenvalue weighted by Gasteiger charge is -2.15. The molecule has 80 valence electrons. The van der Waals surface area contributed by atoms with Crippen LogP contribution in [-0.4, -0.2) is 29.6 Å². The van der Waals surface area contributed by atoms with Crippen LogP contribution in [0.1, 0.15) is 33.6 Å². The van der Waals surface area contributed by atoms with E-state index in [0.29, 0.717) is 17.9 Å². The zero-order chi connectivity index (χ0) is 10.3. The highest BCUT2D eigenvalue weighted by Crippen LogP contribution is 2.36. The highest BCUT2D eigenvalue weighted by Gasteiger charge is 2.45. The SMILES string of the molecule is CC(C)CC1NCN(C2CC2C)C1=O. The molecular weight excluding hydrogens is 176 g/mol. The first kappa shape index (κ1) is 9.97. The third-order valence-corrected chi connectivity index (χ3v) is 3.26. The number of amides is 1. The maximum atomic E-state index is 11.9. The van der Waals surface area contributed by atoms with Crippen molar-refractivity contribution in [3.8, 4) is 0 Å². The monoisotopic (exact) mass is 196 g/mol. The van der Waals surface area contributed by atoms with Gasteiger partial charge < -0.3 is 4.90 Å². The predicted molar refractivity (Wildman–Crippen MR) is 55.7 cm³/mol. The molecular formula is C11H20N2O. The summed E-state index contributed by atoms with van der Waals surface area (Å²) in [6.45, 7) is 7.31. The molecule has 1 amide bonds. The molecule has 0 bridgehead atoms. The molecule has 2 rings (SSSR count). The molecule has 0 spiro atoms. The van der Waals surface area contributed by atoms with Crippen molar-refractivity contribution in [3.63, 3.8) is 0 Å². The fourth-order valence-corrected chi connectivity index (χ4v) is 2.25. The normalized spacial score (nSPS) is 37.0. The van der Waals surface area contributed by atoms with Crippen molar-refractivity contribution >= 4 is 5.91 Å². The number of nitrogens with zero attached hydrogens (tertiary/aromatic N) is 1. The maximum absolute atomic E-state index is 11.9.